The van der Waals surface area contributed by atoms with Gasteiger partial charge in [0, 0.05) is 25.2 Å². The Kier molecular flexibility index (Phi) is 6.61. The third-order valence-electron chi connectivity index (χ3n) is 6.02. The molecule has 1 aliphatic rings. The van der Waals surface area contributed by atoms with Crippen molar-refractivity contribution < 1.29 is 9.90 Å². The zero-order valence-electron chi connectivity index (χ0n) is 18.6. The lowest BCUT2D eigenvalue weighted by molar-refractivity contribution is 0.0696. The van der Waals surface area contributed by atoms with Gasteiger partial charge in [0.05, 0.1) is 30.3 Å². The van der Waals surface area contributed by atoms with Crippen LogP contribution in [-0.4, -0.2) is 39.3 Å². The lowest BCUT2D eigenvalue weighted by atomic mass is 10.1. The molecule has 174 valence electrons. The number of nitrogens with two attached hydrogens (primary N) is 1. The van der Waals surface area contributed by atoms with Gasteiger partial charge in [-0.25, -0.2) is 9.59 Å². The maximum absolute atomic E-state index is 13.6. The molecular formula is C25H25N5O4. The normalized spacial score (nSPS) is 15.6. The Balaban J connectivity index is 1.83. The topological polar surface area (TPSA) is 134 Å². The van der Waals surface area contributed by atoms with E-state index >= 15 is 0 Å². The van der Waals surface area contributed by atoms with Gasteiger partial charge >= 0.3 is 11.7 Å². The fourth-order valence-corrected chi connectivity index (χ4v) is 4.30. The van der Waals surface area contributed by atoms with E-state index in [1.165, 1.54) is 22.8 Å². The summed E-state index contributed by atoms with van der Waals surface area (Å²) in [5, 5.41) is 18.8. The number of anilines is 1. The molecule has 0 amide bonds. The van der Waals surface area contributed by atoms with Crippen LogP contribution in [-0.2, 0) is 13.1 Å². The maximum Gasteiger partial charge on any atom is 0.335 e. The fourth-order valence-electron chi connectivity index (χ4n) is 4.30. The highest BCUT2D eigenvalue weighted by molar-refractivity contribution is 5.87. The zero-order chi connectivity index (χ0) is 24.2. The Morgan fingerprint density at radius 3 is 2.62 bits per heavy atom. The summed E-state index contributed by atoms with van der Waals surface area (Å²) >= 11 is 0. The fraction of sp³-hybridized carbons (Fsp3) is 0.280. The Bertz CT molecular complexity index is 1390. The molecule has 1 fully saturated rings. The molecule has 1 saturated heterocycles. The number of hydrogen-bond acceptors (Lipinski definition) is 6. The smallest absolute Gasteiger partial charge is 0.335 e. The average molecular weight is 460 g/mol. The summed E-state index contributed by atoms with van der Waals surface area (Å²) < 4.78 is 2.58. The molecule has 2 aromatic carbocycles. The van der Waals surface area contributed by atoms with Crippen molar-refractivity contribution in [1.82, 2.24) is 9.13 Å². The van der Waals surface area contributed by atoms with Gasteiger partial charge in [0.2, 0.25) is 0 Å². The van der Waals surface area contributed by atoms with Crippen LogP contribution in [0, 0.1) is 11.3 Å². The van der Waals surface area contributed by atoms with Crippen molar-refractivity contribution in [3.05, 3.63) is 97.7 Å². The van der Waals surface area contributed by atoms with Crippen LogP contribution < -0.4 is 21.9 Å². The summed E-state index contributed by atoms with van der Waals surface area (Å²) in [7, 11) is 0. The monoisotopic (exact) mass is 459 g/mol. The van der Waals surface area contributed by atoms with E-state index in [9.17, 15) is 24.8 Å². The van der Waals surface area contributed by atoms with E-state index in [0.29, 0.717) is 35.6 Å². The van der Waals surface area contributed by atoms with Crippen molar-refractivity contribution in [2.45, 2.75) is 32.0 Å². The number of aromatic carboxylic acids is 1. The Labute approximate surface area is 195 Å². The highest BCUT2D eigenvalue weighted by Crippen LogP contribution is 2.19. The van der Waals surface area contributed by atoms with Gasteiger partial charge in [-0.05, 0) is 42.2 Å². The standard InChI is InChI=1S/C25H25N5O4/c26-13-19-6-1-2-7-20(19)15-29-22(28-10-4-9-21(27)16-28)12-23(31)30(25(29)34)14-17-5-3-8-18(11-17)24(32)33/h1-3,5-8,11-12,21H,4,9-10,14-16,27H2,(H,32,33)/t21-/m1/s1. The number of hydrogen-bond donors (Lipinski definition) is 2. The molecule has 2 heterocycles. The quantitative estimate of drug-likeness (QED) is 0.572. The largest absolute Gasteiger partial charge is 0.478 e. The number of nitrogens with zero attached hydrogens (tertiary/aromatic N) is 4. The molecule has 1 aromatic heterocycles. The molecule has 0 saturated carbocycles. The molecule has 0 unspecified atom stereocenters. The van der Waals surface area contributed by atoms with Gasteiger partial charge in [0.15, 0.2) is 0 Å². The van der Waals surface area contributed by atoms with Gasteiger partial charge in [0.1, 0.15) is 5.82 Å². The second-order valence-corrected chi connectivity index (χ2v) is 8.42. The molecule has 3 aromatic rings. The van der Waals surface area contributed by atoms with Crippen LogP contribution in [0.4, 0.5) is 5.82 Å². The summed E-state index contributed by atoms with van der Waals surface area (Å²) in [4.78, 5) is 40.0. The molecule has 34 heavy (non-hydrogen) atoms. The van der Waals surface area contributed by atoms with Gasteiger partial charge in [-0.3, -0.25) is 13.9 Å². The Morgan fingerprint density at radius 1 is 1.09 bits per heavy atom. The first-order valence-electron chi connectivity index (χ1n) is 11.0. The van der Waals surface area contributed by atoms with Gasteiger partial charge < -0.3 is 15.7 Å². The molecular weight excluding hydrogens is 434 g/mol. The summed E-state index contributed by atoms with van der Waals surface area (Å²) in [5.41, 5.74) is 6.85. The molecule has 9 nitrogen and oxygen atoms in total. The summed E-state index contributed by atoms with van der Waals surface area (Å²) in [5.74, 6) is -0.620. The van der Waals surface area contributed by atoms with Gasteiger partial charge in [-0.15, -0.1) is 0 Å². The minimum absolute atomic E-state index is 0.0649. The zero-order valence-corrected chi connectivity index (χ0v) is 18.6. The van der Waals surface area contributed by atoms with Crippen molar-refractivity contribution in [2.24, 2.45) is 5.73 Å². The van der Waals surface area contributed by atoms with Crippen molar-refractivity contribution in [1.29, 1.82) is 5.26 Å². The molecule has 0 bridgehead atoms. The van der Waals surface area contributed by atoms with E-state index in [2.05, 4.69) is 6.07 Å². The molecule has 1 aliphatic heterocycles. The number of nitriles is 1. The lowest BCUT2D eigenvalue weighted by Gasteiger charge is -2.34. The van der Waals surface area contributed by atoms with Crippen LogP contribution >= 0.6 is 0 Å². The number of aromatic nitrogens is 2. The summed E-state index contributed by atoms with van der Waals surface area (Å²) in [6, 6.07) is 16.7. The second kappa shape index (κ2) is 9.77. The minimum Gasteiger partial charge on any atom is -0.478 e. The Hall–Kier alpha value is -4.16. The predicted molar refractivity (Wildman–Crippen MR) is 127 cm³/mol. The van der Waals surface area contributed by atoms with Gasteiger partial charge in [-0.1, -0.05) is 30.3 Å². The summed E-state index contributed by atoms with van der Waals surface area (Å²) in [6.45, 7) is 1.22. The first kappa shape index (κ1) is 23.0. The summed E-state index contributed by atoms with van der Waals surface area (Å²) in [6.07, 6.45) is 1.71. The molecule has 0 spiro atoms. The maximum atomic E-state index is 13.6. The van der Waals surface area contributed by atoms with E-state index in [-0.39, 0.29) is 24.7 Å². The molecule has 3 N–H and O–H groups in total. The van der Waals surface area contributed by atoms with Crippen LogP contribution in [0.15, 0.2) is 64.2 Å². The number of carbonyl (C=O) groups is 1. The first-order chi connectivity index (χ1) is 16.4. The number of benzene rings is 2. The highest BCUT2D eigenvalue weighted by atomic mass is 16.4. The van der Waals surface area contributed by atoms with E-state index < -0.39 is 17.2 Å². The Morgan fingerprint density at radius 2 is 1.88 bits per heavy atom. The average Bonchev–Trinajstić information content (AvgIpc) is 2.83. The highest BCUT2D eigenvalue weighted by Gasteiger charge is 2.23. The SMILES string of the molecule is N#Cc1ccccc1Cn1c(N2CCC[C@@H](N)C2)cc(=O)n(Cc2cccc(C(=O)O)c2)c1=O. The number of carboxylic acids is 1. The molecule has 0 aliphatic carbocycles. The van der Waals surface area contributed by atoms with Crippen molar-refractivity contribution in [2.75, 3.05) is 18.0 Å². The minimum atomic E-state index is -1.09. The van der Waals surface area contributed by atoms with E-state index in [4.69, 9.17) is 5.73 Å². The lowest BCUT2D eigenvalue weighted by Crippen LogP contribution is -2.48. The van der Waals surface area contributed by atoms with Crippen LogP contribution in [0.1, 0.15) is 39.9 Å². The number of carboxylic acid groups (broad SMARTS) is 1. The van der Waals surface area contributed by atoms with Crippen molar-refractivity contribution in [3.8, 4) is 6.07 Å². The molecule has 4 rings (SSSR count). The van der Waals surface area contributed by atoms with Gasteiger partial charge in [-0.2, -0.15) is 5.26 Å². The predicted octanol–water partition coefficient (Wildman–Crippen LogP) is 1.60. The van der Waals surface area contributed by atoms with Crippen molar-refractivity contribution in [3.63, 3.8) is 0 Å². The van der Waals surface area contributed by atoms with Crippen LogP contribution in [0.25, 0.3) is 0 Å². The van der Waals surface area contributed by atoms with E-state index in [1.807, 2.05) is 4.90 Å². The van der Waals surface area contributed by atoms with Crippen LogP contribution in [0.2, 0.25) is 0 Å². The van der Waals surface area contributed by atoms with Crippen LogP contribution in [0.3, 0.4) is 0 Å². The third kappa shape index (κ3) is 4.77. The van der Waals surface area contributed by atoms with Crippen LogP contribution in [0.5, 0.6) is 0 Å². The van der Waals surface area contributed by atoms with E-state index in [1.54, 1.807) is 36.4 Å². The third-order valence-corrected chi connectivity index (χ3v) is 6.02. The molecule has 9 heteroatoms. The van der Waals surface area contributed by atoms with Gasteiger partial charge in [0.25, 0.3) is 5.56 Å². The first-order valence-corrected chi connectivity index (χ1v) is 11.0. The van der Waals surface area contributed by atoms with E-state index in [0.717, 1.165) is 17.4 Å². The molecule has 0 radical (unpaired) electrons. The number of piperidine rings is 1. The second-order valence-electron chi connectivity index (χ2n) is 8.42. The molecule has 1 atom stereocenters. The van der Waals surface area contributed by atoms with Crippen molar-refractivity contribution >= 4 is 11.8 Å². The number of rotatable bonds is 6.